The molecule has 2 aromatic rings. The molecule has 0 saturated carbocycles. The first-order valence-corrected chi connectivity index (χ1v) is 9.87. The molecule has 2 N–H and O–H groups in total. The first-order valence-electron chi connectivity index (χ1n) is 8.39. The third-order valence-electron chi connectivity index (χ3n) is 3.95. The zero-order chi connectivity index (χ0) is 19.2. The molecule has 0 bridgehead atoms. The zero-order valence-corrected chi connectivity index (χ0v) is 15.6. The number of halogens is 1. The van der Waals surface area contributed by atoms with E-state index in [1.807, 2.05) is 13.8 Å². The van der Waals surface area contributed by atoms with E-state index in [9.17, 15) is 17.6 Å². The van der Waals surface area contributed by atoms with Crippen LogP contribution in [-0.2, 0) is 21.2 Å². The Morgan fingerprint density at radius 1 is 1.08 bits per heavy atom. The highest BCUT2D eigenvalue weighted by Gasteiger charge is 2.15. The lowest BCUT2D eigenvalue weighted by Crippen LogP contribution is -2.37. The standard InChI is InChI=1S/C19H23FN2O3S/c1-14(2)15-7-9-17(10-8-15)26(24,25)22-13-19(23)21-12-11-16-5-3-4-6-18(16)20/h3-10,14,22H,11-13H2,1-2H3,(H,21,23). The van der Waals surface area contributed by atoms with Crippen molar-refractivity contribution in [3.8, 4) is 0 Å². The van der Waals surface area contributed by atoms with Gasteiger partial charge in [-0.2, -0.15) is 0 Å². The van der Waals surface area contributed by atoms with Crippen molar-refractivity contribution in [3.05, 3.63) is 65.5 Å². The second-order valence-corrected chi connectivity index (χ2v) is 8.01. The Kier molecular flexibility index (Phi) is 6.88. The average molecular weight is 378 g/mol. The van der Waals surface area contributed by atoms with E-state index in [1.54, 1.807) is 30.3 Å². The van der Waals surface area contributed by atoms with Crippen molar-refractivity contribution in [2.24, 2.45) is 0 Å². The van der Waals surface area contributed by atoms with Gasteiger partial charge in [-0.1, -0.05) is 44.2 Å². The van der Waals surface area contributed by atoms with E-state index in [-0.39, 0.29) is 23.8 Å². The van der Waals surface area contributed by atoms with E-state index in [2.05, 4.69) is 10.0 Å². The Labute approximate surface area is 153 Å². The molecule has 0 aliphatic carbocycles. The number of sulfonamides is 1. The Morgan fingerprint density at radius 3 is 2.35 bits per heavy atom. The van der Waals surface area contributed by atoms with Gasteiger partial charge in [-0.3, -0.25) is 4.79 Å². The number of carbonyl (C=O) groups is 1. The summed E-state index contributed by atoms with van der Waals surface area (Å²) in [4.78, 5) is 11.9. The van der Waals surface area contributed by atoms with Crippen LogP contribution in [-0.4, -0.2) is 27.4 Å². The minimum Gasteiger partial charge on any atom is -0.355 e. The molecule has 140 valence electrons. The summed E-state index contributed by atoms with van der Waals surface area (Å²) >= 11 is 0. The smallest absolute Gasteiger partial charge is 0.241 e. The highest BCUT2D eigenvalue weighted by atomic mass is 32.2. The van der Waals surface area contributed by atoms with Crippen LogP contribution in [0.25, 0.3) is 0 Å². The maximum atomic E-state index is 13.5. The van der Waals surface area contributed by atoms with Crippen LogP contribution in [0.1, 0.15) is 30.9 Å². The molecule has 0 fully saturated rings. The first-order chi connectivity index (χ1) is 12.3. The Balaban J connectivity index is 1.83. The molecule has 26 heavy (non-hydrogen) atoms. The molecule has 7 heteroatoms. The molecular weight excluding hydrogens is 355 g/mol. The lowest BCUT2D eigenvalue weighted by molar-refractivity contribution is -0.119. The molecule has 0 aliphatic rings. The van der Waals surface area contributed by atoms with Crippen molar-refractivity contribution < 1.29 is 17.6 Å². The summed E-state index contributed by atoms with van der Waals surface area (Å²) in [6, 6.07) is 12.9. The molecule has 0 aliphatic heterocycles. The van der Waals surface area contributed by atoms with Gasteiger partial charge in [0.05, 0.1) is 11.4 Å². The molecule has 0 radical (unpaired) electrons. The lowest BCUT2D eigenvalue weighted by Gasteiger charge is -2.10. The van der Waals surface area contributed by atoms with Crippen molar-refractivity contribution in [3.63, 3.8) is 0 Å². The number of hydrogen-bond donors (Lipinski definition) is 2. The summed E-state index contributed by atoms with van der Waals surface area (Å²) in [5, 5.41) is 2.57. The van der Waals surface area contributed by atoms with Crippen molar-refractivity contribution in [1.29, 1.82) is 0 Å². The van der Waals surface area contributed by atoms with Gasteiger partial charge in [0.15, 0.2) is 0 Å². The van der Waals surface area contributed by atoms with Crippen LogP contribution >= 0.6 is 0 Å². The van der Waals surface area contributed by atoms with Crippen LogP contribution < -0.4 is 10.0 Å². The molecule has 0 atom stereocenters. The van der Waals surface area contributed by atoms with Crippen LogP contribution in [0.4, 0.5) is 4.39 Å². The minimum atomic E-state index is -3.75. The first kappa shape index (κ1) is 20.1. The molecule has 1 amide bonds. The molecule has 0 heterocycles. The minimum absolute atomic E-state index is 0.112. The topological polar surface area (TPSA) is 75.3 Å². The molecule has 5 nitrogen and oxygen atoms in total. The maximum absolute atomic E-state index is 13.5. The summed E-state index contributed by atoms with van der Waals surface area (Å²) < 4.78 is 40.2. The van der Waals surface area contributed by atoms with E-state index >= 15 is 0 Å². The van der Waals surface area contributed by atoms with E-state index < -0.39 is 15.9 Å². The van der Waals surface area contributed by atoms with Crippen molar-refractivity contribution in [2.75, 3.05) is 13.1 Å². The number of rotatable bonds is 8. The summed E-state index contributed by atoms with van der Waals surface area (Å²) in [7, 11) is -3.75. The predicted octanol–water partition coefficient (Wildman–Crippen LogP) is 2.59. The van der Waals surface area contributed by atoms with Gasteiger partial charge in [-0.15, -0.1) is 0 Å². The largest absolute Gasteiger partial charge is 0.355 e. The fraction of sp³-hybridized carbons (Fsp3) is 0.316. The zero-order valence-electron chi connectivity index (χ0n) is 14.8. The van der Waals surface area contributed by atoms with Gasteiger partial charge in [-0.05, 0) is 41.7 Å². The third kappa shape index (κ3) is 5.64. The van der Waals surface area contributed by atoms with Crippen LogP contribution in [0.15, 0.2) is 53.4 Å². The fourth-order valence-corrected chi connectivity index (χ4v) is 3.36. The van der Waals surface area contributed by atoms with Gasteiger partial charge in [0.2, 0.25) is 15.9 Å². The molecule has 0 spiro atoms. The third-order valence-corrected chi connectivity index (χ3v) is 5.37. The SMILES string of the molecule is CC(C)c1ccc(S(=O)(=O)NCC(=O)NCCc2ccccc2F)cc1. The fourth-order valence-electron chi connectivity index (χ4n) is 2.38. The lowest BCUT2D eigenvalue weighted by atomic mass is 10.0. The number of nitrogens with one attached hydrogen (secondary N) is 2. The monoisotopic (exact) mass is 378 g/mol. The summed E-state index contributed by atoms with van der Waals surface area (Å²) in [6.45, 7) is 3.90. The second-order valence-electron chi connectivity index (χ2n) is 6.24. The number of benzene rings is 2. The average Bonchev–Trinajstić information content (AvgIpc) is 2.62. The Bertz CT molecular complexity index is 849. The maximum Gasteiger partial charge on any atom is 0.241 e. The normalized spacial score (nSPS) is 11.5. The van der Waals surface area contributed by atoms with E-state index in [0.717, 1.165) is 5.56 Å². The van der Waals surface area contributed by atoms with Crippen LogP contribution in [0, 0.1) is 5.82 Å². The highest BCUT2D eigenvalue weighted by Crippen LogP contribution is 2.17. The summed E-state index contributed by atoms with van der Waals surface area (Å²) in [5.74, 6) is -0.490. The number of carbonyl (C=O) groups excluding carboxylic acids is 1. The number of hydrogen-bond acceptors (Lipinski definition) is 3. The Morgan fingerprint density at radius 2 is 1.73 bits per heavy atom. The van der Waals surface area contributed by atoms with E-state index in [1.165, 1.54) is 18.2 Å². The van der Waals surface area contributed by atoms with Gasteiger partial charge in [0, 0.05) is 6.54 Å². The quantitative estimate of drug-likeness (QED) is 0.741. The molecule has 2 aromatic carbocycles. The molecule has 0 unspecified atom stereocenters. The highest BCUT2D eigenvalue weighted by molar-refractivity contribution is 7.89. The molecule has 0 aromatic heterocycles. The summed E-state index contributed by atoms with van der Waals surface area (Å²) in [5.41, 5.74) is 1.54. The van der Waals surface area contributed by atoms with Gasteiger partial charge in [0.1, 0.15) is 5.82 Å². The second kappa shape index (κ2) is 8.91. The van der Waals surface area contributed by atoms with Gasteiger partial charge < -0.3 is 5.32 Å². The van der Waals surface area contributed by atoms with Crippen LogP contribution in [0.3, 0.4) is 0 Å². The molecular formula is C19H23FN2O3S. The van der Waals surface area contributed by atoms with Gasteiger partial charge in [-0.25, -0.2) is 17.5 Å². The Hall–Kier alpha value is -2.25. The van der Waals surface area contributed by atoms with Gasteiger partial charge >= 0.3 is 0 Å². The predicted molar refractivity (Wildman–Crippen MR) is 98.8 cm³/mol. The number of amides is 1. The summed E-state index contributed by atoms with van der Waals surface area (Å²) in [6.07, 6.45) is 0.335. The van der Waals surface area contributed by atoms with E-state index in [4.69, 9.17) is 0 Å². The molecule has 0 saturated heterocycles. The van der Waals surface area contributed by atoms with Gasteiger partial charge in [0.25, 0.3) is 0 Å². The van der Waals surface area contributed by atoms with Crippen LogP contribution in [0.5, 0.6) is 0 Å². The van der Waals surface area contributed by atoms with Crippen molar-refractivity contribution in [2.45, 2.75) is 31.1 Å². The van der Waals surface area contributed by atoms with Crippen LogP contribution in [0.2, 0.25) is 0 Å². The van der Waals surface area contributed by atoms with E-state index in [0.29, 0.717) is 17.9 Å². The van der Waals surface area contributed by atoms with Crippen molar-refractivity contribution in [1.82, 2.24) is 10.0 Å². The van der Waals surface area contributed by atoms with Crippen molar-refractivity contribution >= 4 is 15.9 Å². The molecule has 2 rings (SSSR count).